The Hall–Kier alpha value is -2.33. The van der Waals surface area contributed by atoms with Crippen LogP contribution in [0.15, 0.2) is 65.7 Å². The van der Waals surface area contributed by atoms with Gasteiger partial charge in [-0.1, -0.05) is 18.2 Å². The van der Waals surface area contributed by atoms with Gasteiger partial charge in [-0.25, -0.2) is 4.68 Å². The second-order valence-corrected chi connectivity index (χ2v) is 4.79. The first-order valence-electron chi connectivity index (χ1n) is 6.67. The Morgan fingerprint density at radius 3 is 2.85 bits per heavy atom. The van der Waals surface area contributed by atoms with Crippen LogP contribution in [0.25, 0.3) is 5.69 Å². The predicted molar refractivity (Wildman–Crippen MR) is 77.5 cm³/mol. The van der Waals surface area contributed by atoms with E-state index < -0.39 is 0 Å². The van der Waals surface area contributed by atoms with Crippen LogP contribution >= 0.6 is 0 Å². The molecule has 0 aliphatic heterocycles. The minimum absolute atomic E-state index is 0.238. The Balaban J connectivity index is 1.67. The van der Waals surface area contributed by atoms with Crippen molar-refractivity contribution in [3.05, 3.63) is 72.4 Å². The van der Waals surface area contributed by atoms with E-state index >= 15 is 0 Å². The zero-order valence-corrected chi connectivity index (χ0v) is 11.4. The van der Waals surface area contributed by atoms with Crippen LogP contribution in [-0.4, -0.2) is 9.78 Å². The molecule has 0 saturated carbocycles. The van der Waals surface area contributed by atoms with Crippen molar-refractivity contribution < 1.29 is 4.42 Å². The minimum atomic E-state index is 0.238. The zero-order valence-electron chi connectivity index (χ0n) is 11.4. The lowest BCUT2D eigenvalue weighted by atomic mass is 10.2. The molecule has 102 valence electrons. The minimum Gasteiger partial charge on any atom is -0.472 e. The van der Waals surface area contributed by atoms with Crippen LogP contribution in [0.3, 0.4) is 0 Å². The summed E-state index contributed by atoms with van der Waals surface area (Å²) in [7, 11) is 0. The van der Waals surface area contributed by atoms with Crippen LogP contribution in [0.5, 0.6) is 0 Å². The van der Waals surface area contributed by atoms with Gasteiger partial charge in [0.2, 0.25) is 0 Å². The fourth-order valence-electron chi connectivity index (χ4n) is 2.06. The largest absolute Gasteiger partial charge is 0.472 e. The third kappa shape index (κ3) is 2.81. The molecule has 2 heterocycles. The van der Waals surface area contributed by atoms with E-state index in [0.29, 0.717) is 0 Å². The first-order valence-corrected chi connectivity index (χ1v) is 6.67. The smallest absolute Gasteiger partial charge is 0.0947 e. The van der Waals surface area contributed by atoms with E-state index in [4.69, 9.17) is 4.42 Å². The summed E-state index contributed by atoms with van der Waals surface area (Å²) in [6.45, 7) is 2.92. The molecular formula is C16H17N3O. The van der Waals surface area contributed by atoms with Gasteiger partial charge in [0.15, 0.2) is 0 Å². The number of nitrogens with one attached hydrogen (secondary N) is 1. The predicted octanol–water partition coefficient (Wildman–Crippen LogP) is 3.32. The molecule has 1 unspecified atom stereocenters. The summed E-state index contributed by atoms with van der Waals surface area (Å²) in [5, 5.41) is 7.86. The highest BCUT2D eigenvalue weighted by Crippen LogP contribution is 2.15. The number of nitrogens with zero attached hydrogens (tertiary/aromatic N) is 2. The maximum absolute atomic E-state index is 5.06. The van der Waals surface area contributed by atoms with Crippen molar-refractivity contribution in [2.75, 3.05) is 0 Å². The fraction of sp³-hybridized carbons (Fsp3) is 0.188. The lowest BCUT2D eigenvalue weighted by Crippen LogP contribution is -2.17. The number of para-hydroxylation sites is 1. The topological polar surface area (TPSA) is 43.0 Å². The third-order valence-corrected chi connectivity index (χ3v) is 3.32. The van der Waals surface area contributed by atoms with E-state index in [2.05, 4.69) is 23.5 Å². The van der Waals surface area contributed by atoms with Crippen molar-refractivity contribution >= 4 is 0 Å². The van der Waals surface area contributed by atoms with Crippen LogP contribution in [0.4, 0.5) is 0 Å². The van der Waals surface area contributed by atoms with E-state index in [1.807, 2.05) is 47.3 Å². The highest BCUT2D eigenvalue weighted by atomic mass is 16.3. The molecule has 4 nitrogen and oxygen atoms in total. The fourth-order valence-corrected chi connectivity index (χ4v) is 2.06. The summed E-state index contributed by atoms with van der Waals surface area (Å²) in [5.74, 6) is 0. The summed E-state index contributed by atoms with van der Waals surface area (Å²) >= 11 is 0. The van der Waals surface area contributed by atoms with E-state index in [1.54, 1.807) is 12.5 Å². The zero-order chi connectivity index (χ0) is 13.8. The van der Waals surface area contributed by atoms with Crippen LogP contribution < -0.4 is 5.32 Å². The first-order chi connectivity index (χ1) is 9.83. The van der Waals surface area contributed by atoms with Crippen molar-refractivity contribution in [2.45, 2.75) is 19.5 Å². The number of rotatable bonds is 5. The summed E-state index contributed by atoms with van der Waals surface area (Å²) in [6.07, 6.45) is 7.41. The molecule has 0 amide bonds. The second-order valence-electron chi connectivity index (χ2n) is 4.79. The van der Waals surface area contributed by atoms with Gasteiger partial charge in [0, 0.05) is 29.9 Å². The van der Waals surface area contributed by atoms with Gasteiger partial charge in [0.1, 0.15) is 0 Å². The van der Waals surface area contributed by atoms with Gasteiger partial charge in [0.05, 0.1) is 24.4 Å². The highest BCUT2D eigenvalue weighted by Gasteiger charge is 2.08. The number of hydrogen-bond acceptors (Lipinski definition) is 3. The van der Waals surface area contributed by atoms with E-state index in [1.165, 1.54) is 0 Å². The molecule has 0 spiro atoms. The molecule has 0 aliphatic rings. The van der Waals surface area contributed by atoms with Crippen molar-refractivity contribution in [3.63, 3.8) is 0 Å². The standard InChI is InChI=1S/C16H17N3O/c1-13(17-9-14-7-8-20-12-14)15-10-18-19(11-15)16-5-3-2-4-6-16/h2-8,10-13,17H,9H2,1H3. The Bertz CT molecular complexity index is 643. The van der Waals surface area contributed by atoms with E-state index in [9.17, 15) is 0 Å². The van der Waals surface area contributed by atoms with Crippen molar-refractivity contribution in [1.29, 1.82) is 0 Å². The molecule has 0 saturated heterocycles. The highest BCUT2D eigenvalue weighted by molar-refractivity contribution is 5.31. The summed E-state index contributed by atoms with van der Waals surface area (Å²) in [4.78, 5) is 0. The van der Waals surface area contributed by atoms with Crippen molar-refractivity contribution in [3.8, 4) is 5.69 Å². The van der Waals surface area contributed by atoms with Gasteiger partial charge >= 0.3 is 0 Å². The molecule has 2 aromatic heterocycles. The molecule has 0 bridgehead atoms. The lowest BCUT2D eigenvalue weighted by Gasteiger charge is -2.10. The molecule has 20 heavy (non-hydrogen) atoms. The molecule has 1 atom stereocenters. The normalized spacial score (nSPS) is 12.4. The average molecular weight is 267 g/mol. The quantitative estimate of drug-likeness (QED) is 0.771. The monoisotopic (exact) mass is 267 g/mol. The van der Waals surface area contributed by atoms with Crippen LogP contribution in [0.1, 0.15) is 24.1 Å². The molecule has 0 fully saturated rings. The van der Waals surface area contributed by atoms with Crippen molar-refractivity contribution in [1.82, 2.24) is 15.1 Å². The van der Waals surface area contributed by atoms with Gasteiger partial charge in [-0.05, 0) is 25.1 Å². The molecular weight excluding hydrogens is 250 g/mol. The Labute approximate surface area is 118 Å². The van der Waals surface area contributed by atoms with Gasteiger partial charge in [-0.2, -0.15) is 5.10 Å². The van der Waals surface area contributed by atoms with Crippen LogP contribution in [-0.2, 0) is 6.54 Å². The third-order valence-electron chi connectivity index (χ3n) is 3.32. The molecule has 0 radical (unpaired) electrons. The van der Waals surface area contributed by atoms with Gasteiger partial charge < -0.3 is 9.73 Å². The Kier molecular flexibility index (Phi) is 3.65. The summed E-state index contributed by atoms with van der Waals surface area (Å²) < 4.78 is 6.95. The lowest BCUT2D eigenvalue weighted by molar-refractivity contribution is 0.546. The Morgan fingerprint density at radius 2 is 2.10 bits per heavy atom. The van der Waals surface area contributed by atoms with E-state index in [-0.39, 0.29) is 6.04 Å². The SMILES string of the molecule is CC(NCc1ccoc1)c1cnn(-c2ccccc2)c1. The molecule has 3 rings (SSSR count). The van der Waals surface area contributed by atoms with E-state index in [0.717, 1.165) is 23.4 Å². The van der Waals surface area contributed by atoms with Crippen LogP contribution in [0, 0.1) is 0 Å². The number of hydrogen-bond donors (Lipinski definition) is 1. The second kappa shape index (κ2) is 5.75. The Morgan fingerprint density at radius 1 is 1.25 bits per heavy atom. The van der Waals surface area contributed by atoms with Gasteiger partial charge in [0.25, 0.3) is 0 Å². The molecule has 4 heteroatoms. The molecule has 3 aromatic rings. The number of furan rings is 1. The number of benzene rings is 1. The van der Waals surface area contributed by atoms with Crippen molar-refractivity contribution in [2.24, 2.45) is 0 Å². The van der Waals surface area contributed by atoms with Gasteiger partial charge in [-0.3, -0.25) is 0 Å². The maximum Gasteiger partial charge on any atom is 0.0947 e. The molecule has 0 aliphatic carbocycles. The summed E-state index contributed by atoms with van der Waals surface area (Å²) in [5.41, 5.74) is 3.38. The number of aromatic nitrogens is 2. The maximum atomic E-state index is 5.06. The molecule has 1 aromatic carbocycles. The summed E-state index contributed by atoms with van der Waals surface area (Å²) in [6, 6.07) is 12.3. The van der Waals surface area contributed by atoms with Crippen LogP contribution in [0.2, 0.25) is 0 Å². The first kappa shape index (κ1) is 12.7. The average Bonchev–Trinajstić information content (AvgIpc) is 3.17. The van der Waals surface area contributed by atoms with Gasteiger partial charge in [-0.15, -0.1) is 0 Å². The molecule has 1 N–H and O–H groups in total.